The Kier molecular flexibility index (Phi) is 3.56. The van der Waals surface area contributed by atoms with Crippen molar-refractivity contribution in [2.45, 2.75) is 25.2 Å². The zero-order chi connectivity index (χ0) is 13.2. The number of alkyl halides is 1. The third-order valence-corrected chi connectivity index (χ3v) is 4.02. The number of rotatable bonds is 5. The molecule has 5 nitrogen and oxygen atoms in total. The van der Waals surface area contributed by atoms with Crippen LogP contribution in [0.4, 0.5) is 0 Å². The first-order valence-electron chi connectivity index (χ1n) is 6.02. The highest BCUT2D eigenvalue weighted by atomic mass is 79.9. The number of ether oxygens (including phenoxy) is 1. The first kappa shape index (κ1) is 12.7. The monoisotopic (exact) mass is 340 g/mol. The number of halogens is 1. The van der Waals surface area contributed by atoms with E-state index in [1.807, 2.05) is 26.9 Å². The van der Waals surface area contributed by atoms with Crippen molar-refractivity contribution >= 4 is 32.2 Å². The maximum atomic E-state index is 5.83. The molecule has 0 aliphatic heterocycles. The van der Waals surface area contributed by atoms with Gasteiger partial charge in [0.25, 0.3) is 0 Å². The highest BCUT2D eigenvalue weighted by Crippen LogP contribution is 2.29. The summed E-state index contributed by atoms with van der Waals surface area (Å²) in [4.78, 5) is 5.42. The maximum absolute atomic E-state index is 5.83. The van der Waals surface area contributed by atoms with E-state index in [2.05, 4.69) is 32.9 Å². The molecule has 0 aliphatic carbocycles. The van der Waals surface area contributed by atoms with Gasteiger partial charge in [-0.1, -0.05) is 22.9 Å². The van der Waals surface area contributed by atoms with Crippen LogP contribution in [0.15, 0.2) is 24.0 Å². The van der Waals surface area contributed by atoms with Gasteiger partial charge in [0.15, 0.2) is 10.7 Å². The Labute approximate surface area is 123 Å². The zero-order valence-corrected chi connectivity index (χ0v) is 12.8. The standard InChI is InChI=1S/C12H13BrN4OS/c1-2-3-16-8-9(7-14-16)18-11-10(6-13)17-4-5-19-12(17)15-11/h4-5,7-8H,2-3,6H2,1H3. The van der Waals surface area contributed by atoms with Crippen LogP contribution in [0.5, 0.6) is 11.6 Å². The lowest BCUT2D eigenvalue weighted by molar-refractivity contribution is 0.460. The molecule has 0 bridgehead atoms. The van der Waals surface area contributed by atoms with E-state index in [1.165, 1.54) is 0 Å². The summed E-state index contributed by atoms with van der Waals surface area (Å²) in [5.41, 5.74) is 1.01. The second-order valence-electron chi connectivity index (χ2n) is 4.09. The summed E-state index contributed by atoms with van der Waals surface area (Å²) in [5.74, 6) is 1.36. The van der Waals surface area contributed by atoms with Gasteiger partial charge in [-0.2, -0.15) is 10.1 Å². The van der Waals surface area contributed by atoms with Crippen molar-refractivity contribution in [3.8, 4) is 11.6 Å². The number of hydrogen-bond donors (Lipinski definition) is 0. The summed E-state index contributed by atoms with van der Waals surface area (Å²) >= 11 is 5.07. The molecule has 0 atom stereocenters. The van der Waals surface area contributed by atoms with Crippen LogP contribution in [-0.4, -0.2) is 19.2 Å². The van der Waals surface area contributed by atoms with Gasteiger partial charge in [0.1, 0.15) is 0 Å². The van der Waals surface area contributed by atoms with Crippen LogP contribution in [0, 0.1) is 0 Å². The maximum Gasteiger partial charge on any atom is 0.243 e. The van der Waals surface area contributed by atoms with Gasteiger partial charge in [-0.05, 0) is 6.42 Å². The molecule has 0 fully saturated rings. The van der Waals surface area contributed by atoms with Crippen molar-refractivity contribution in [3.05, 3.63) is 29.7 Å². The quantitative estimate of drug-likeness (QED) is 0.665. The lowest BCUT2D eigenvalue weighted by atomic mass is 10.5. The lowest BCUT2D eigenvalue weighted by Crippen LogP contribution is -1.95. The lowest BCUT2D eigenvalue weighted by Gasteiger charge is -2.01. The van der Waals surface area contributed by atoms with E-state index in [-0.39, 0.29) is 0 Å². The van der Waals surface area contributed by atoms with Crippen LogP contribution < -0.4 is 4.74 Å². The molecule has 100 valence electrons. The van der Waals surface area contributed by atoms with Crippen LogP contribution in [0.25, 0.3) is 4.96 Å². The highest BCUT2D eigenvalue weighted by Gasteiger charge is 2.14. The van der Waals surface area contributed by atoms with Gasteiger partial charge >= 0.3 is 0 Å². The molecule has 19 heavy (non-hydrogen) atoms. The van der Waals surface area contributed by atoms with Gasteiger partial charge in [0, 0.05) is 23.5 Å². The predicted molar refractivity (Wildman–Crippen MR) is 78.3 cm³/mol. The van der Waals surface area contributed by atoms with Crippen molar-refractivity contribution in [1.29, 1.82) is 0 Å². The first-order valence-corrected chi connectivity index (χ1v) is 8.02. The Bertz CT molecular complexity index is 687. The molecule has 0 spiro atoms. The summed E-state index contributed by atoms with van der Waals surface area (Å²) in [6.07, 6.45) is 6.67. The second kappa shape index (κ2) is 5.34. The van der Waals surface area contributed by atoms with Gasteiger partial charge < -0.3 is 4.74 Å². The molecular formula is C12H13BrN4OS. The molecule has 0 saturated heterocycles. The fourth-order valence-corrected chi connectivity index (χ4v) is 3.11. The number of hydrogen-bond acceptors (Lipinski definition) is 4. The van der Waals surface area contributed by atoms with E-state index in [9.17, 15) is 0 Å². The fourth-order valence-electron chi connectivity index (χ4n) is 1.88. The third kappa shape index (κ3) is 2.40. The molecule has 0 N–H and O–H groups in total. The summed E-state index contributed by atoms with van der Waals surface area (Å²) < 4.78 is 9.74. The molecule has 0 aliphatic rings. The van der Waals surface area contributed by atoms with E-state index >= 15 is 0 Å². The van der Waals surface area contributed by atoms with Gasteiger partial charge in [-0.3, -0.25) is 9.08 Å². The van der Waals surface area contributed by atoms with Gasteiger partial charge in [-0.15, -0.1) is 11.3 Å². The van der Waals surface area contributed by atoms with Crippen molar-refractivity contribution in [2.75, 3.05) is 0 Å². The first-order chi connectivity index (χ1) is 9.31. The summed E-state index contributed by atoms with van der Waals surface area (Å²) in [7, 11) is 0. The number of imidazole rings is 1. The fraction of sp³-hybridized carbons (Fsp3) is 0.333. The Balaban J connectivity index is 1.89. The number of fused-ring (bicyclic) bond motifs is 1. The molecule has 3 heterocycles. The molecule has 3 aromatic heterocycles. The minimum Gasteiger partial charge on any atom is -0.434 e. The zero-order valence-electron chi connectivity index (χ0n) is 10.4. The van der Waals surface area contributed by atoms with E-state index in [4.69, 9.17) is 4.74 Å². The molecule has 0 aromatic carbocycles. The molecule has 0 radical (unpaired) electrons. The Hall–Kier alpha value is -1.34. The molecule has 0 amide bonds. The largest absolute Gasteiger partial charge is 0.434 e. The van der Waals surface area contributed by atoms with E-state index in [1.54, 1.807) is 17.5 Å². The number of thiazole rings is 1. The summed E-state index contributed by atoms with van der Waals surface area (Å²) in [5, 5.41) is 6.96. The number of nitrogens with zero attached hydrogens (tertiary/aromatic N) is 4. The SMILES string of the molecule is CCCn1cc(Oc2nc3sccn3c2CBr)cn1. The number of aromatic nitrogens is 4. The van der Waals surface area contributed by atoms with Crippen molar-refractivity contribution in [2.24, 2.45) is 0 Å². The second-order valence-corrected chi connectivity index (χ2v) is 5.53. The Morgan fingerprint density at radius 3 is 3.16 bits per heavy atom. The molecule has 3 rings (SSSR count). The van der Waals surface area contributed by atoms with Crippen molar-refractivity contribution in [1.82, 2.24) is 19.2 Å². The van der Waals surface area contributed by atoms with Crippen molar-refractivity contribution in [3.63, 3.8) is 0 Å². The topological polar surface area (TPSA) is 44.4 Å². The van der Waals surface area contributed by atoms with E-state index in [0.29, 0.717) is 11.2 Å². The smallest absolute Gasteiger partial charge is 0.243 e. The Morgan fingerprint density at radius 1 is 1.47 bits per heavy atom. The summed E-state index contributed by atoms with van der Waals surface area (Å²) in [6.45, 7) is 3.02. The summed E-state index contributed by atoms with van der Waals surface area (Å²) in [6, 6.07) is 0. The minimum absolute atomic E-state index is 0.639. The van der Waals surface area contributed by atoms with Crippen LogP contribution in [-0.2, 0) is 11.9 Å². The molecular weight excluding hydrogens is 328 g/mol. The normalized spacial score (nSPS) is 11.3. The van der Waals surface area contributed by atoms with Gasteiger partial charge in [0.2, 0.25) is 5.88 Å². The van der Waals surface area contributed by atoms with Gasteiger partial charge in [-0.25, -0.2) is 0 Å². The minimum atomic E-state index is 0.639. The average Bonchev–Trinajstić information content (AvgIpc) is 3.06. The highest BCUT2D eigenvalue weighted by molar-refractivity contribution is 9.08. The van der Waals surface area contributed by atoms with Crippen LogP contribution in [0.1, 0.15) is 19.0 Å². The molecule has 0 unspecified atom stereocenters. The van der Waals surface area contributed by atoms with Crippen LogP contribution >= 0.6 is 27.3 Å². The van der Waals surface area contributed by atoms with E-state index < -0.39 is 0 Å². The van der Waals surface area contributed by atoms with Crippen molar-refractivity contribution < 1.29 is 4.74 Å². The average molecular weight is 341 g/mol. The Morgan fingerprint density at radius 2 is 2.37 bits per heavy atom. The van der Waals surface area contributed by atoms with Crippen LogP contribution in [0.2, 0.25) is 0 Å². The molecule has 7 heteroatoms. The number of aryl methyl sites for hydroxylation is 1. The van der Waals surface area contributed by atoms with E-state index in [0.717, 1.165) is 29.4 Å². The third-order valence-electron chi connectivity index (χ3n) is 2.73. The van der Waals surface area contributed by atoms with Crippen LogP contribution in [0.3, 0.4) is 0 Å². The predicted octanol–water partition coefficient (Wildman–Crippen LogP) is 3.69. The van der Waals surface area contributed by atoms with Gasteiger partial charge in [0.05, 0.1) is 18.1 Å². The molecule has 0 saturated carbocycles. The molecule has 3 aromatic rings.